The fourth-order valence-corrected chi connectivity index (χ4v) is 3.73. The molecule has 2 aromatic rings. The molecule has 26 heavy (non-hydrogen) atoms. The van der Waals surface area contributed by atoms with Crippen molar-refractivity contribution in [1.29, 1.82) is 0 Å². The van der Waals surface area contributed by atoms with Crippen molar-refractivity contribution in [3.8, 4) is 0 Å². The van der Waals surface area contributed by atoms with Gasteiger partial charge >= 0.3 is 0 Å². The standard InChI is InChI=1S/C21H21ClN2O2/c1-21(2)16-11-15(9-10-17(16)24-20(21)26)23-19(25)18(12-3-4-12)13-5-7-14(22)8-6-13/h5-12,18H,3-4H2,1-2H3,(H,23,25)(H,24,26). The maximum Gasteiger partial charge on any atom is 0.234 e. The van der Waals surface area contributed by atoms with Crippen LogP contribution in [0.3, 0.4) is 0 Å². The van der Waals surface area contributed by atoms with Crippen LogP contribution >= 0.6 is 11.6 Å². The van der Waals surface area contributed by atoms with Gasteiger partial charge < -0.3 is 10.6 Å². The van der Waals surface area contributed by atoms with Gasteiger partial charge in [0.15, 0.2) is 0 Å². The van der Waals surface area contributed by atoms with Crippen molar-refractivity contribution < 1.29 is 9.59 Å². The van der Waals surface area contributed by atoms with Crippen LogP contribution < -0.4 is 10.6 Å². The number of rotatable bonds is 4. The zero-order chi connectivity index (χ0) is 18.5. The third-order valence-corrected chi connectivity index (χ3v) is 5.63. The van der Waals surface area contributed by atoms with E-state index >= 15 is 0 Å². The van der Waals surface area contributed by atoms with Crippen molar-refractivity contribution in [2.24, 2.45) is 5.92 Å². The van der Waals surface area contributed by atoms with Crippen LogP contribution in [0.4, 0.5) is 11.4 Å². The second-order valence-electron chi connectivity index (χ2n) is 7.70. The number of halogens is 1. The van der Waals surface area contributed by atoms with E-state index in [2.05, 4.69) is 10.6 Å². The highest BCUT2D eigenvalue weighted by Gasteiger charge is 2.39. The Morgan fingerprint density at radius 1 is 1.19 bits per heavy atom. The first kappa shape index (κ1) is 17.1. The number of anilines is 2. The van der Waals surface area contributed by atoms with Crippen LogP contribution in [0.25, 0.3) is 0 Å². The van der Waals surface area contributed by atoms with Crippen LogP contribution in [0.5, 0.6) is 0 Å². The lowest BCUT2D eigenvalue weighted by atomic mass is 9.86. The molecule has 0 radical (unpaired) electrons. The first-order valence-electron chi connectivity index (χ1n) is 8.88. The summed E-state index contributed by atoms with van der Waals surface area (Å²) in [5.41, 5.74) is 2.84. The maximum absolute atomic E-state index is 13.0. The molecule has 0 aromatic heterocycles. The van der Waals surface area contributed by atoms with E-state index < -0.39 is 5.41 Å². The quantitative estimate of drug-likeness (QED) is 0.821. The first-order chi connectivity index (χ1) is 12.4. The molecule has 0 saturated heterocycles. The Balaban J connectivity index is 1.59. The fraction of sp³-hybridized carbons (Fsp3) is 0.333. The molecule has 4 rings (SSSR count). The van der Waals surface area contributed by atoms with Crippen molar-refractivity contribution in [3.05, 3.63) is 58.6 Å². The van der Waals surface area contributed by atoms with Gasteiger partial charge in [0, 0.05) is 16.4 Å². The van der Waals surface area contributed by atoms with Gasteiger partial charge in [0.25, 0.3) is 0 Å². The van der Waals surface area contributed by atoms with E-state index in [-0.39, 0.29) is 17.7 Å². The van der Waals surface area contributed by atoms with E-state index in [1.165, 1.54) is 0 Å². The molecule has 1 atom stereocenters. The number of benzene rings is 2. The predicted molar refractivity (Wildman–Crippen MR) is 104 cm³/mol. The summed E-state index contributed by atoms with van der Waals surface area (Å²) in [4.78, 5) is 25.1. The van der Waals surface area contributed by atoms with E-state index in [9.17, 15) is 9.59 Å². The van der Waals surface area contributed by atoms with Gasteiger partial charge in [-0.2, -0.15) is 0 Å². The van der Waals surface area contributed by atoms with E-state index in [0.717, 1.165) is 35.3 Å². The maximum atomic E-state index is 13.0. The van der Waals surface area contributed by atoms with Gasteiger partial charge in [-0.15, -0.1) is 0 Å². The predicted octanol–water partition coefficient (Wildman–Crippen LogP) is 4.70. The summed E-state index contributed by atoms with van der Waals surface area (Å²) in [7, 11) is 0. The van der Waals surface area contributed by atoms with Gasteiger partial charge in [0.05, 0.1) is 11.3 Å². The van der Waals surface area contributed by atoms with Crippen molar-refractivity contribution in [1.82, 2.24) is 0 Å². The van der Waals surface area contributed by atoms with Gasteiger partial charge in [0.1, 0.15) is 0 Å². The summed E-state index contributed by atoms with van der Waals surface area (Å²) in [6.45, 7) is 3.78. The molecule has 134 valence electrons. The topological polar surface area (TPSA) is 58.2 Å². The molecule has 4 nitrogen and oxygen atoms in total. The van der Waals surface area contributed by atoms with Gasteiger partial charge in [-0.1, -0.05) is 23.7 Å². The molecule has 2 amide bonds. The van der Waals surface area contributed by atoms with Crippen molar-refractivity contribution in [3.63, 3.8) is 0 Å². The minimum Gasteiger partial charge on any atom is -0.326 e. The van der Waals surface area contributed by atoms with E-state index in [0.29, 0.717) is 10.9 Å². The highest BCUT2D eigenvalue weighted by Crippen LogP contribution is 2.44. The van der Waals surface area contributed by atoms with Crippen LogP contribution in [0, 0.1) is 5.92 Å². The second kappa shape index (κ2) is 6.13. The average molecular weight is 369 g/mol. The molecule has 1 fully saturated rings. The Morgan fingerprint density at radius 2 is 1.88 bits per heavy atom. The molecule has 2 aliphatic rings. The minimum atomic E-state index is -0.595. The summed E-state index contributed by atoms with van der Waals surface area (Å²) >= 11 is 5.98. The molecule has 2 N–H and O–H groups in total. The summed E-state index contributed by atoms with van der Waals surface area (Å²) < 4.78 is 0. The summed E-state index contributed by atoms with van der Waals surface area (Å²) in [6, 6.07) is 13.1. The van der Waals surface area contributed by atoms with Crippen molar-refractivity contribution in [2.45, 2.75) is 38.0 Å². The Hall–Kier alpha value is -2.33. The Kier molecular flexibility index (Phi) is 4.03. The smallest absolute Gasteiger partial charge is 0.234 e. The molecule has 1 aliphatic carbocycles. The van der Waals surface area contributed by atoms with Gasteiger partial charge in [-0.05, 0) is 74.1 Å². The SMILES string of the molecule is CC1(C)C(=O)Nc2ccc(NC(=O)C(c3ccc(Cl)cc3)C3CC3)cc21. The number of carbonyl (C=O) groups excluding carboxylic acids is 2. The third kappa shape index (κ3) is 2.99. The fourth-order valence-electron chi connectivity index (χ4n) is 3.61. The van der Waals surface area contributed by atoms with Gasteiger partial charge in [-0.3, -0.25) is 9.59 Å². The van der Waals surface area contributed by atoms with Crippen molar-refractivity contribution >= 4 is 34.8 Å². The molecule has 1 saturated carbocycles. The molecule has 0 bridgehead atoms. The van der Waals surface area contributed by atoms with Crippen LogP contribution in [0.1, 0.15) is 43.7 Å². The summed E-state index contributed by atoms with van der Waals surface area (Å²) in [5.74, 6) is 0.177. The van der Waals surface area contributed by atoms with Crippen LogP contribution in [0.15, 0.2) is 42.5 Å². The number of hydrogen-bond acceptors (Lipinski definition) is 2. The molecule has 1 aliphatic heterocycles. The number of hydrogen-bond donors (Lipinski definition) is 2. The average Bonchev–Trinajstić information content (AvgIpc) is 3.39. The molecule has 1 heterocycles. The molecule has 5 heteroatoms. The van der Waals surface area contributed by atoms with Crippen LogP contribution in [-0.2, 0) is 15.0 Å². The van der Waals surface area contributed by atoms with Gasteiger partial charge in [-0.25, -0.2) is 0 Å². The molecular weight excluding hydrogens is 348 g/mol. The largest absolute Gasteiger partial charge is 0.326 e. The third-order valence-electron chi connectivity index (χ3n) is 5.38. The van der Waals surface area contributed by atoms with E-state index in [4.69, 9.17) is 11.6 Å². The normalized spacial score (nSPS) is 18.8. The number of carbonyl (C=O) groups is 2. The Morgan fingerprint density at radius 3 is 2.54 bits per heavy atom. The highest BCUT2D eigenvalue weighted by molar-refractivity contribution is 6.30. The number of fused-ring (bicyclic) bond motifs is 1. The number of nitrogens with one attached hydrogen (secondary N) is 2. The zero-order valence-corrected chi connectivity index (χ0v) is 15.6. The van der Waals surface area contributed by atoms with Crippen molar-refractivity contribution in [2.75, 3.05) is 10.6 Å². The lowest BCUT2D eigenvalue weighted by Gasteiger charge is -2.19. The zero-order valence-electron chi connectivity index (χ0n) is 14.8. The number of amides is 2. The van der Waals surface area contributed by atoms with E-state index in [1.54, 1.807) is 0 Å². The van der Waals surface area contributed by atoms with Gasteiger partial charge in [0.2, 0.25) is 11.8 Å². The second-order valence-corrected chi connectivity index (χ2v) is 8.13. The first-order valence-corrected chi connectivity index (χ1v) is 9.26. The van der Waals surface area contributed by atoms with Crippen LogP contribution in [0.2, 0.25) is 5.02 Å². The summed E-state index contributed by atoms with van der Waals surface area (Å²) in [6.07, 6.45) is 2.13. The molecule has 1 unspecified atom stereocenters. The van der Waals surface area contributed by atoms with E-state index in [1.807, 2.05) is 56.3 Å². The monoisotopic (exact) mass is 368 g/mol. The Bertz CT molecular complexity index is 885. The lowest BCUT2D eigenvalue weighted by Crippen LogP contribution is -2.27. The summed E-state index contributed by atoms with van der Waals surface area (Å²) in [5, 5.41) is 6.60. The van der Waals surface area contributed by atoms with Crippen LogP contribution in [-0.4, -0.2) is 11.8 Å². The molecule has 2 aromatic carbocycles. The minimum absolute atomic E-state index is 0.00939. The Labute approximate surface area is 157 Å². The molecule has 0 spiro atoms. The highest BCUT2D eigenvalue weighted by atomic mass is 35.5. The molecular formula is C21H21ClN2O2. The lowest BCUT2D eigenvalue weighted by molar-refractivity contribution is -0.120.